The summed E-state index contributed by atoms with van der Waals surface area (Å²) >= 11 is 6.19. The van der Waals surface area contributed by atoms with Crippen molar-refractivity contribution in [1.82, 2.24) is 4.98 Å². The van der Waals surface area contributed by atoms with Crippen LogP contribution in [-0.2, 0) is 0 Å². The highest BCUT2D eigenvalue weighted by Gasteiger charge is 2.19. The number of aromatic nitrogens is 1. The molecule has 0 amide bonds. The van der Waals surface area contributed by atoms with Gasteiger partial charge in [-0.1, -0.05) is 24.4 Å². The van der Waals surface area contributed by atoms with E-state index >= 15 is 0 Å². The smallest absolute Gasteiger partial charge is 0.103 e. The Hall–Kier alpha value is -1.99. The highest BCUT2D eigenvalue weighted by Crippen LogP contribution is 2.34. The summed E-state index contributed by atoms with van der Waals surface area (Å²) in [5, 5.41) is 14.1. The van der Waals surface area contributed by atoms with E-state index in [0.29, 0.717) is 27.8 Å². The van der Waals surface area contributed by atoms with Gasteiger partial charge in [0.1, 0.15) is 6.07 Å². The Morgan fingerprint density at radius 2 is 2.10 bits per heavy atom. The number of nitriles is 1. The number of fused-ring (bicyclic) bond motifs is 1. The van der Waals surface area contributed by atoms with Gasteiger partial charge in [-0.2, -0.15) is 5.26 Å². The molecule has 1 fully saturated rings. The van der Waals surface area contributed by atoms with Crippen molar-refractivity contribution >= 4 is 33.9 Å². The summed E-state index contributed by atoms with van der Waals surface area (Å²) in [6, 6.07) is 6.11. The van der Waals surface area contributed by atoms with Crippen LogP contribution >= 0.6 is 11.6 Å². The minimum atomic E-state index is 0.410. The Balaban J connectivity index is 2.17. The van der Waals surface area contributed by atoms with Crippen LogP contribution in [0.4, 0.5) is 11.4 Å². The molecule has 102 valence electrons. The maximum absolute atomic E-state index is 9.30. The lowest BCUT2D eigenvalue weighted by atomic mass is 10.1. The molecule has 0 spiro atoms. The molecule has 5 heteroatoms. The fraction of sp³-hybridized carbons (Fsp3) is 0.333. The van der Waals surface area contributed by atoms with Crippen LogP contribution in [0.3, 0.4) is 0 Å². The van der Waals surface area contributed by atoms with E-state index in [-0.39, 0.29) is 0 Å². The monoisotopic (exact) mass is 286 g/mol. The molecular weight excluding hydrogens is 272 g/mol. The van der Waals surface area contributed by atoms with Crippen molar-refractivity contribution in [1.29, 1.82) is 5.26 Å². The molecule has 4 nitrogen and oxygen atoms in total. The van der Waals surface area contributed by atoms with Gasteiger partial charge in [0.05, 0.1) is 21.8 Å². The van der Waals surface area contributed by atoms with E-state index in [9.17, 15) is 5.26 Å². The number of rotatable bonds is 2. The third kappa shape index (κ3) is 2.25. The molecule has 3 N–H and O–H groups in total. The minimum absolute atomic E-state index is 0.410. The fourth-order valence-electron chi connectivity index (χ4n) is 2.80. The SMILES string of the molecule is N#Cc1cnc2c(Cl)cc(N)cc2c1NC1CCCC1. The lowest BCUT2D eigenvalue weighted by Gasteiger charge is -2.17. The summed E-state index contributed by atoms with van der Waals surface area (Å²) < 4.78 is 0. The molecule has 1 aromatic carbocycles. The number of nitrogens with zero attached hydrogens (tertiary/aromatic N) is 2. The van der Waals surface area contributed by atoms with E-state index in [4.69, 9.17) is 17.3 Å². The van der Waals surface area contributed by atoms with E-state index in [1.165, 1.54) is 12.8 Å². The summed E-state index contributed by atoms with van der Waals surface area (Å²) in [6.07, 6.45) is 6.29. The van der Waals surface area contributed by atoms with Crippen LogP contribution in [0.15, 0.2) is 18.3 Å². The maximum atomic E-state index is 9.30. The van der Waals surface area contributed by atoms with Crippen molar-refractivity contribution in [3.8, 4) is 6.07 Å². The molecule has 1 aliphatic carbocycles. The molecule has 1 aliphatic rings. The van der Waals surface area contributed by atoms with Crippen LogP contribution in [0.5, 0.6) is 0 Å². The number of hydrogen-bond acceptors (Lipinski definition) is 4. The standard InChI is InChI=1S/C15H15ClN4/c16-13-6-10(18)5-12-14(20-11-3-1-2-4-11)9(7-17)8-19-15(12)13/h5-6,8,11H,1-4,18H2,(H,19,20). The van der Waals surface area contributed by atoms with Crippen LogP contribution in [-0.4, -0.2) is 11.0 Å². The number of benzene rings is 1. The zero-order chi connectivity index (χ0) is 14.1. The van der Waals surface area contributed by atoms with Gasteiger partial charge in [0.15, 0.2) is 0 Å². The molecule has 1 aromatic heterocycles. The van der Waals surface area contributed by atoms with E-state index in [1.807, 2.05) is 6.07 Å². The largest absolute Gasteiger partial charge is 0.399 e. The summed E-state index contributed by atoms with van der Waals surface area (Å²) in [5.74, 6) is 0. The first-order valence-corrected chi connectivity index (χ1v) is 7.11. The summed E-state index contributed by atoms with van der Waals surface area (Å²) in [6.45, 7) is 0. The van der Waals surface area contributed by atoms with Gasteiger partial charge in [0.2, 0.25) is 0 Å². The minimum Gasteiger partial charge on any atom is -0.399 e. The number of anilines is 2. The maximum Gasteiger partial charge on any atom is 0.103 e. The number of pyridine rings is 1. The van der Waals surface area contributed by atoms with Crippen molar-refractivity contribution < 1.29 is 0 Å². The molecule has 0 aliphatic heterocycles. The summed E-state index contributed by atoms with van der Waals surface area (Å²) in [7, 11) is 0. The number of nitrogen functional groups attached to an aromatic ring is 1. The Kier molecular flexibility index (Phi) is 3.37. The van der Waals surface area contributed by atoms with Crippen LogP contribution < -0.4 is 11.1 Å². The molecule has 3 rings (SSSR count). The third-order valence-electron chi connectivity index (χ3n) is 3.77. The van der Waals surface area contributed by atoms with Crippen molar-refractivity contribution in [2.24, 2.45) is 0 Å². The first-order valence-electron chi connectivity index (χ1n) is 6.73. The highest BCUT2D eigenvalue weighted by molar-refractivity contribution is 6.35. The van der Waals surface area contributed by atoms with Gasteiger partial charge < -0.3 is 11.1 Å². The average molecular weight is 287 g/mol. The predicted molar refractivity (Wildman–Crippen MR) is 81.8 cm³/mol. The molecule has 20 heavy (non-hydrogen) atoms. The number of nitrogens with one attached hydrogen (secondary N) is 1. The van der Waals surface area contributed by atoms with E-state index in [1.54, 1.807) is 12.3 Å². The Bertz CT molecular complexity index is 699. The van der Waals surface area contributed by atoms with E-state index < -0.39 is 0 Å². The fourth-order valence-corrected chi connectivity index (χ4v) is 3.07. The Morgan fingerprint density at radius 1 is 1.35 bits per heavy atom. The molecule has 0 radical (unpaired) electrons. The average Bonchev–Trinajstić information content (AvgIpc) is 2.92. The van der Waals surface area contributed by atoms with Gasteiger partial charge in [-0.25, -0.2) is 0 Å². The van der Waals surface area contributed by atoms with Crippen LogP contribution in [0.1, 0.15) is 31.2 Å². The van der Waals surface area contributed by atoms with Gasteiger partial charge in [-0.3, -0.25) is 4.98 Å². The molecule has 0 bridgehead atoms. The zero-order valence-electron chi connectivity index (χ0n) is 11.0. The molecule has 1 saturated carbocycles. The van der Waals surface area contributed by atoms with Crippen molar-refractivity contribution in [3.05, 3.63) is 28.9 Å². The number of halogens is 1. The lowest BCUT2D eigenvalue weighted by molar-refractivity contribution is 0.756. The van der Waals surface area contributed by atoms with Crippen LogP contribution in [0.25, 0.3) is 10.9 Å². The quantitative estimate of drug-likeness (QED) is 0.826. The lowest BCUT2D eigenvalue weighted by Crippen LogP contribution is -2.16. The van der Waals surface area contributed by atoms with Gasteiger partial charge in [-0.15, -0.1) is 0 Å². The highest BCUT2D eigenvalue weighted by atomic mass is 35.5. The molecule has 1 heterocycles. The number of hydrogen-bond donors (Lipinski definition) is 2. The van der Waals surface area contributed by atoms with Crippen molar-refractivity contribution in [2.45, 2.75) is 31.7 Å². The molecule has 0 unspecified atom stereocenters. The van der Waals surface area contributed by atoms with E-state index in [0.717, 1.165) is 23.9 Å². The molecule has 2 aromatic rings. The molecule has 0 saturated heterocycles. The normalized spacial score (nSPS) is 15.4. The second-order valence-corrected chi connectivity index (χ2v) is 5.59. The molecular formula is C15H15ClN4. The van der Waals surface area contributed by atoms with Gasteiger partial charge >= 0.3 is 0 Å². The predicted octanol–water partition coefficient (Wildman–Crippen LogP) is 3.70. The second-order valence-electron chi connectivity index (χ2n) is 5.18. The van der Waals surface area contributed by atoms with E-state index in [2.05, 4.69) is 16.4 Å². The second kappa shape index (κ2) is 5.18. The third-order valence-corrected chi connectivity index (χ3v) is 4.06. The topological polar surface area (TPSA) is 74.7 Å². The van der Waals surface area contributed by atoms with Crippen LogP contribution in [0, 0.1) is 11.3 Å². The van der Waals surface area contributed by atoms with Gasteiger partial charge in [0, 0.05) is 23.3 Å². The first-order chi connectivity index (χ1) is 9.69. The zero-order valence-corrected chi connectivity index (χ0v) is 11.7. The Labute approximate surface area is 122 Å². The Morgan fingerprint density at radius 3 is 2.80 bits per heavy atom. The van der Waals surface area contributed by atoms with Crippen molar-refractivity contribution in [3.63, 3.8) is 0 Å². The van der Waals surface area contributed by atoms with Crippen molar-refractivity contribution in [2.75, 3.05) is 11.1 Å². The molecule has 0 atom stereocenters. The summed E-state index contributed by atoms with van der Waals surface area (Å²) in [5.41, 5.74) is 8.47. The first kappa shape index (κ1) is 13.0. The number of nitrogens with two attached hydrogens (primary N) is 1. The van der Waals surface area contributed by atoms with Gasteiger partial charge in [-0.05, 0) is 25.0 Å². The van der Waals surface area contributed by atoms with Crippen LogP contribution in [0.2, 0.25) is 5.02 Å². The summed E-state index contributed by atoms with van der Waals surface area (Å²) in [4.78, 5) is 4.28. The van der Waals surface area contributed by atoms with Gasteiger partial charge in [0.25, 0.3) is 0 Å².